The molecule has 0 radical (unpaired) electrons. The van der Waals surface area contributed by atoms with Gasteiger partial charge < -0.3 is 9.64 Å². The van der Waals surface area contributed by atoms with Gasteiger partial charge in [-0.05, 0) is 24.6 Å². The van der Waals surface area contributed by atoms with Crippen molar-refractivity contribution in [2.24, 2.45) is 0 Å². The molecular weight excluding hydrogens is 420 g/mol. The van der Waals surface area contributed by atoms with Gasteiger partial charge in [0.05, 0.1) is 0 Å². The zero-order chi connectivity index (χ0) is 23.2. The van der Waals surface area contributed by atoms with Crippen molar-refractivity contribution in [2.75, 3.05) is 32.8 Å². The molecule has 0 N–H and O–H groups in total. The molecule has 3 aromatic rings. The maximum atomic E-state index is 12.5. The van der Waals surface area contributed by atoms with Crippen LogP contribution in [0.3, 0.4) is 0 Å². The number of benzene rings is 2. The van der Waals surface area contributed by atoms with Crippen LogP contribution in [0.1, 0.15) is 16.7 Å². The van der Waals surface area contributed by atoms with Gasteiger partial charge in [0.15, 0.2) is 13.2 Å². The van der Waals surface area contributed by atoms with Gasteiger partial charge in [0.1, 0.15) is 0 Å². The molecule has 1 aromatic heterocycles. The number of esters is 1. The van der Waals surface area contributed by atoms with Gasteiger partial charge in [-0.1, -0.05) is 59.7 Å². The highest BCUT2D eigenvalue weighted by Gasteiger charge is 2.22. The number of hydrogen-bond donors (Lipinski definition) is 0. The fraction of sp³-hybridized carbons (Fsp3) is 0.375. The molecule has 1 amide bonds. The van der Waals surface area contributed by atoms with Crippen molar-refractivity contribution in [2.45, 2.75) is 26.9 Å². The number of hydrogen-bond acceptors (Lipinski definition) is 7. The molecule has 0 unspecified atom stereocenters. The van der Waals surface area contributed by atoms with E-state index < -0.39 is 5.97 Å². The summed E-state index contributed by atoms with van der Waals surface area (Å²) >= 11 is 0. The van der Waals surface area contributed by atoms with Gasteiger partial charge in [-0.15, -0.1) is 10.2 Å². The van der Waals surface area contributed by atoms with Crippen molar-refractivity contribution >= 4 is 11.9 Å². The molecule has 4 rings (SSSR count). The first-order valence-electron chi connectivity index (χ1n) is 11.0. The lowest BCUT2D eigenvalue weighted by Gasteiger charge is -2.34. The van der Waals surface area contributed by atoms with Crippen molar-refractivity contribution < 1.29 is 14.3 Å². The highest BCUT2D eigenvalue weighted by Crippen LogP contribution is 2.14. The number of nitrogens with zero attached hydrogens (tertiary/aromatic N) is 6. The predicted octanol–water partition coefficient (Wildman–Crippen LogP) is 1.84. The van der Waals surface area contributed by atoms with Crippen LogP contribution in [0.25, 0.3) is 11.4 Å². The third kappa shape index (κ3) is 6.23. The molecule has 1 saturated heterocycles. The van der Waals surface area contributed by atoms with E-state index in [1.807, 2.05) is 31.2 Å². The number of aryl methyl sites for hydroxylation is 2. The van der Waals surface area contributed by atoms with Gasteiger partial charge >= 0.3 is 5.97 Å². The van der Waals surface area contributed by atoms with Crippen LogP contribution >= 0.6 is 0 Å². The lowest BCUT2D eigenvalue weighted by atomic mass is 10.1. The van der Waals surface area contributed by atoms with E-state index in [1.165, 1.54) is 15.9 Å². The topological polar surface area (TPSA) is 93.5 Å². The summed E-state index contributed by atoms with van der Waals surface area (Å²) in [7, 11) is 0. The molecule has 0 saturated carbocycles. The molecule has 0 aliphatic carbocycles. The summed E-state index contributed by atoms with van der Waals surface area (Å²) in [6, 6.07) is 16.2. The molecule has 2 aromatic carbocycles. The second-order valence-electron chi connectivity index (χ2n) is 8.32. The number of carbonyl (C=O) groups is 2. The first kappa shape index (κ1) is 22.6. The Morgan fingerprint density at radius 1 is 0.970 bits per heavy atom. The second kappa shape index (κ2) is 10.4. The van der Waals surface area contributed by atoms with Gasteiger partial charge in [-0.3, -0.25) is 9.69 Å². The summed E-state index contributed by atoms with van der Waals surface area (Å²) in [4.78, 5) is 29.8. The van der Waals surface area contributed by atoms with Crippen LogP contribution < -0.4 is 0 Å². The lowest BCUT2D eigenvalue weighted by Crippen LogP contribution is -2.49. The Balaban J connectivity index is 1.19. The highest BCUT2D eigenvalue weighted by molar-refractivity contribution is 5.80. The predicted molar refractivity (Wildman–Crippen MR) is 122 cm³/mol. The standard InChI is InChI=1S/C24H28N6O3/c1-18-6-8-21(9-7-18)24-25-27-30(26-24)16-23(32)33-17-22(31)29-12-10-28(11-13-29)15-20-5-3-4-19(2)14-20/h3-9,14H,10-13,15-17H2,1-2H3. The van der Waals surface area contributed by atoms with Crippen LogP contribution in [0.15, 0.2) is 48.5 Å². The molecule has 9 heteroatoms. The summed E-state index contributed by atoms with van der Waals surface area (Å²) < 4.78 is 5.15. The number of amides is 1. The van der Waals surface area contributed by atoms with Crippen LogP contribution in [-0.2, 0) is 27.4 Å². The largest absolute Gasteiger partial charge is 0.454 e. The van der Waals surface area contributed by atoms with Gasteiger partial charge in [-0.25, -0.2) is 4.79 Å². The maximum Gasteiger partial charge on any atom is 0.330 e. The molecule has 0 atom stereocenters. The minimum Gasteiger partial charge on any atom is -0.454 e. The molecule has 1 fully saturated rings. The van der Waals surface area contributed by atoms with Gasteiger partial charge in [-0.2, -0.15) is 4.80 Å². The van der Waals surface area contributed by atoms with E-state index in [1.54, 1.807) is 4.90 Å². The van der Waals surface area contributed by atoms with Crippen LogP contribution in [0.4, 0.5) is 0 Å². The molecule has 1 aliphatic heterocycles. The average Bonchev–Trinajstić information content (AvgIpc) is 3.27. The van der Waals surface area contributed by atoms with Crippen LogP contribution in [-0.4, -0.2) is 74.7 Å². The zero-order valence-corrected chi connectivity index (χ0v) is 19.0. The molecular formula is C24H28N6O3. The Hall–Kier alpha value is -3.59. The van der Waals surface area contributed by atoms with Crippen molar-refractivity contribution in [3.63, 3.8) is 0 Å². The maximum absolute atomic E-state index is 12.5. The minimum atomic E-state index is -0.575. The minimum absolute atomic E-state index is 0.189. The van der Waals surface area contributed by atoms with Crippen molar-refractivity contribution in [1.82, 2.24) is 30.0 Å². The fourth-order valence-electron chi connectivity index (χ4n) is 3.75. The first-order chi connectivity index (χ1) is 16.0. The van der Waals surface area contributed by atoms with Crippen molar-refractivity contribution in [3.8, 4) is 11.4 Å². The number of tetrazole rings is 1. The number of piperazine rings is 1. The Morgan fingerprint density at radius 3 is 2.45 bits per heavy atom. The molecule has 1 aliphatic rings. The SMILES string of the molecule is Cc1ccc(-c2nnn(CC(=O)OCC(=O)N3CCN(Cc4cccc(C)c4)CC3)n2)cc1. The second-order valence-corrected chi connectivity index (χ2v) is 8.32. The van der Waals surface area contributed by atoms with E-state index >= 15 is 0 Å². The summed E-state index contributed by atoms with van der Waals surface area (Å²) in [5, 5.41) is 12.1. The van der Waals surface area contributed by atoms with E-state index in [9.17, 15) is 9.59 Å². The quantitative estimate of drug-likeness (QED) is 0.509. The highest BCUT2D eigenvalue weighted by atomic mass is 16.5. The Kier molecular flexibility index (Phi) is 7.09. The normalized spacial score (nSPS) is 14.3. The Morgan fingerprint density at radius 2 is 1.73 bits per heavy atom. The number of carbonyl (C=O) groups excluding carboxylic acids is 2. The summed E-state index contributed by atoms with van der Waals surface area (Å²) in [6.45, 7) is 7.29. The van der Waals surface area contributed by atoms with E-state index in [-0.39, 0.29) is 19.1 Å². The summed E-state index contributed by atoms with van der Waals surface area (Å²) in [6.07, 6.45) is 0. The fourth-order valence-corrected chi connectivity index (χ4v) is 3.75. The van der Waals surface area contributed by atoms with E-state index in [0.717, 1.165) is 30.8 Å². The molecule has 2 heterocycles. The van der Waals surface area contributed by atoms with Gasteiger partial charge in [0.2, 0.25) is 5.82 Å². The summed E-state index contributed by atoms with van der Waals surface area (Å²) in [5.74, 6) is -0.331. The zero-order valence-electron chi connectivity index (χ0n) is 19.0. The van der Waals surface area contributed by atoms with Gasteiger partial charge in [0, 0.05) is 38.3 Å². The number of aromatic nitrogens is 4. The smallest absolute Gasteiger partial charge is 0.330 e. The molecule has 0 spiro atoms. The first-order valence-corrected chi connectivity index (χ1v) is 11.0. The number of ether oxygens (including phenoxy) is 1. The Labute approximate surface area is 192 Å². The van der Waals surface area contributed by atoms with Crippen LogP contribution in [0.2, 0.25) is 0 Å². The molecule has 33 heavy (non-hydrogen) atoms. The third-order valence-electron chi connectivity index (χ3n) is 5.60. The molecule has 9 nitrogen and oxygen atoms in total. The van der Waals surface area contributed by atoms with Gasteiger partial charge in [0.25, 0.3) is 5.91 Å². The third-order valence-corrected chi connectivity index (χ3v) is 5.60. The average molecular weight is 449 g/mol. The van der Waals surface area contributed by atoms with E-state index in [2.05, 4.69) is 51.5 Å². The molecule has 172 valence electrons. The molecule has 0 bridgehead atoms. The van der Waals surface area contributed by atoms with Crippen LogP contribution in [0.5, 0.6) is 0 Å². The lowest BCUT2D eigenvalue weighted by molar-refractivity contribution is -0.153. The Bertz CT molecular complexity index is 1100. The van der Waals surface area contributed by atoms with E-state index in [4.69, 9.17) is 4.74 Å². The van der Waals surface area contributed by atoms with E-state index in [0.29, 0.717) is 18.9 Å². The summed E-state index contributed by atoms with van der Waals surface area (Å²) in [5.41, 5.74) is 4.47. The van der Waals surface area contributed by atoms with Crippen LogP contribution in [0, 0.1) is 13.8 Å². The van der Waals surface area contributed by atoms with Crippen molar-refractivity contribution in [3.05, 3.63) is 65.2 Å². The monoisotopic (exact) mass is 448 g/mol. The van der Waals surface area contributed by atoms with Crippen molar-refractivity contribution in [1.29, 1.82) is 0 Å². The number of rotatable bonds is 7.